The van der Waals surface area contributed by atoms with Gasteiger partial charge in [-0.15, -0.1) is 29.9 Å². The third-order valence-corrected chi connectivity index (χ3v) is 4.52. The Hall–Kier alpha value is -2.03. The molecule has 0 saturated carbocycles. The SMILES string of the molecule is COc1ccc(NC2CCCN(C(=O)c3cn(CCCN)nn3)C2)cc1.Cl.Cl. The smallest absolute Gasteiger partial charge is 0.276 e. The molecule has 1 fully saturated rings. The van der Waals surface area contributed by atoms with Crippen LogP contribution in [0.25, 0.3) is 0 Å². The lowest BCUT2D eigenvalue weighted by molar-refractivity contribution is 0.0708. The Kier molecular flexibility index (Phi) is 10.1. The zero-order valence-corrected chi connectivity index (χ0v) is 17.5. The van der Waals surface area contributed by atoms with Crippen molar-refractivity contribution in [1.82, 2.24) is 19.9 Å². The van der Waals surface area contributed by atoms with Gasteiger partial charge in [-0.25, -0.2) is 0 Å². The van der Waals surface area contributed by atoms with Crippen LogP contribution in [0.4, 0.5) is 5.69 Å². The van der Waals surface area contributed by atoms with Crippen LogP contribution in [0.2, 0.25) is 0 Å². The van der Waals surface area contributed by atoms with Crippen LogP contribution in [0.5, 0.6) is 5.75 Å². The topological polar surface area (TPSA) is 98.3 Å². The summed E-state index contributed by atoms with van der Waals surface area (Å²) in [5.74, 6) is 0.763. The minimum Gasteiger partial charge on any atom is -0.497 e. The van der Waals surface area contributed by atoms with Gasteiger partial charge in [0.2, 0.25) is 0 Å². The number of carbonyl (C=O) groups is 1. The third kappa shape index (κ3) is 6.25. The minimum atomic E-state index is -0.0646. The van der Waals surface area contributed by atoms with Gasteiger partial charge >= 0.3 is 0 Å². The van der Waals surface area contributed by atoms with Gasteiger partial charge in [0.25, 0.3) is 5.91 Å². The summed E-state index contributed by atoms with van der Waals surface area (Å²) >= 11 is 0. The molecule has 1 aliphatic rings. The predicted molar refractivity (Wildman–Crippen MR) is 114 cm³/mol. The zero-order chi connectivity index (χ0) is 18.4. The Morgan fingerprint density at radius 1 is 1.32 bits per heavy atom. The summed E-state index contributed by atoms with van der Waals surface area (Å²) in [6.45, 7) is 2.67. The number of benzene rings is 1. The van der Waals surface area contributed by atoms with Crippen molar-refractivity contribution in [3.05, 3.63) is 36.2 Å². The van der Waals surface area contributed by atoms with E-state index in [1.165, 1.54) is 0 Å². The molecular formula is C18H28Cl2N6O2. The second-order valence-corrected chi connectivity index (χ2v) is 6.47. The number of aromatic nitrogens is 3. The normalized spacial score (nSPS) is 15.9. The maximum atomic E-state index is 12.7. The Balaban J connectivity index is 0.00000196. The number of rotatable bonds is 7. The highest BCUT2D eigenvalue weighted by molar-refractivity contribution is 5.92. The van der Waals surface area contributed by atoms with E-state index in [-0.39, 0.29) is 36.8 Å². The fourth-order valence-corrected chi connectivity index (χ4v) is 3.12. The summed E-state index contributed by atoms with van der Waals surface area (Å²) in [6.07, 6.45) is 4.51. The molecule has 1 aromatic carbocycles. The Labute approximate surface area is 177 Å². The lowest BCUT2D eigenvalue weighted by atomic mass is 10.0. The number of amides is 1. The van der Waals surface area contributed by atoms with Crippen molar-refractivity contribution in [3.8, 4) is 5.75 Å². The van der Waals surface area contributed by atoms with E-state index < -0.39 is 0 Å². The first kappa shape index (κ1) is 24.0. The van der Waals surface area contributed by atoms with E-state index in [1.54, 1.807) is 18.0 Å². The number of nitrogens with one attached hydrogen (secondary N) is 1. The summed E-state index contributed by atoms with van der Waals surface area (Å²) in [5, 5.41) is 11.5. The quantitative estimate of drug-likeness (QED) is 0.698. The molecule has 1 saturated heterocycles. The van der Waals surface area contributed by atoms with E-state index in [4.69, 9.17) is 10.5 Å². The fourth-order valence-electron chi connectivity index (χ4n) is 3.12. The Bertz CT molecular complexity index is 725. The van der Waals surface area contributed by atoms with Crippen LogP contribution >= 0.6 is 24.8 Å². The number of hydrogen-bond donors (Lipinski definition) is 2. The van der Waals surface area contributed by atoms with Crippen LogP contribution in [0.1, 0.15) is 29.8 Å². The van der Waals surface area contributed by atoms with Crippen molar-refractivity contribution in [3.63, 3.8) is 0 Å². The molecule has 2 heterocycles. The van der Waals surface area contributed by atoms with Crippen molar-refractivity contribution in [2.24, 2.45) is 5.73 Å². The number of nitrogens with two attached hydrogens (primary N) is 1. The fraction of sp³-hybridized carbons (Fsp3) is 0.500. The van der Waals surface area contributed by atoms with Crippen molar-refractivity contribution in [1.29, 1.82) is 0 Å². The summed E-state index contributed by atoms with van der Waals surface area (Å²) in [4.78, 5) is 14.6. The second-order valence-electron chi connectivity index (χ2n) is 6.47. The van der Waals surface area contributed by atoms with Crippen LogP contribution in [-0.4, -0.2) is 58.6 Å². The van der Waals surface area contributed by atoms with Crippen LogP contribution in [0.15, 0.2) is 30.5 Å². The van der Waals surface area contributed by atoms with Gasteiger partial charge in [-0.05, 0) is 50.1 Å². The van der Waals surface area contributed by atoms with Gasteiger partial charge in [0.05, 0.1) is 13.3 Å². The standard InChI is InChI=1S/C18H26N6O2.2ClH/c1-26-16-7-5-14(6-8-16)20-15-4-2-10-23(12-15)18(25)17-13-24(22-21-17)11-3-9-19;;/h5-8,13,15,20H,2-4,9-12,19H2,1H3;2*1H. The van der Waals surface area contributed by atoms with Crippen molar-refractivity contribution >= 4 is 36.4 Å². The molecule has 3 N–H and O–H groups in total. The number of methoxy groups -OCH3 is 1. The van der Waals surface area contributed by atoms with Crippen molar-refractivity contribution in [2.45, 2.75) is 31.8 Å². The van der Waals surface area contributed by atoms with Crippen LogP contribution < -0.4 is 15.8 Å². The number of anilines is 1. The number of nitrogens with zero attached hydrogens (tertiary/aromatic N) is 4. The number of ether oxygens (including phenoxy) is 1. The van der Waals surface area contributed by atoms with E-state index in [0.717, 1.165) is 37.2 Å². The van der Waals surface area contributed by atoms with E-state index in [0.29, 0.717) is 25.3 Å². The summed E-state index contributed by atoms with van der Waals surface area (Å²) in [5.41, 5.74) is 6.93. The molecule has 0 radical (unpaired) electrons. The van der Waals surface area contributed by atoms with Gasteiger partial charge < -0.3 is 20.7 Å². The maximum absolute atomic E-state index is 12.7. The highest BCUT2D eigenvalue weighted by Crippen LogP contribution is 2.20. The van der Waals surface area contributed by atoms with Crippen molar-refractivity contribution < 1.29 is 9.53 Å². The second kappa shape index (κ2) is 11.7. The molecule has 2 aromatic rings. The highest BCUT2D eigenvalue weighted by Gasteiger charge is 2.26. The molecule has 8 nitrogen and oxygen atoms in total. The first-order valence-electron chi connectivity index (χ1n) is 8.99. The summed E-state index contributed by atoms with van der Waals surface area (Å²) in [6, 6.07) is 8.04. The molecule has 10 heteroatoms. The van der Waals surface area contributed by atoms with Crippen LogP contribution in [0, 0.1) is 0 Å². The number of aryl methyl sites for hydroxylation is 1. The average molecular weight is 431 g/mol. The molecule has 1 atom stereocenters. The summed E-state index contributed by atoms with van der Waals surface area (Å²) < 4.78 is 6.86. The van der Waals surface area contributed by atoms with Crippen LogP contribution in [0.3, 0.4) is 0 Å². The largest absolute Gasteiger partial charge is 0.497 e. The predicted octanol–water partition coefficient (Wildman–Crippen LogP) is 2.20. The average Bonchev–Trinajstić information content (AvgIpc) is 3.15. The van der Waals surface area contributed by atoms with Gasteiger partial charge in [0.1, 0.15) is 5.75 Å². The van der Waals surface area contributed by atoms with Gasteiger partial charge in [-0.3, -0.25) is 9.48 Å². The monoisotopic (exact) mass is 430 g/mol. The third-order valence-electron chi connectivity index (χ3n) is 4.52. The Morgan fingerprint density at radius 2 is 2.07 bits per heavy atom. The number of hydrogen-bond acceptors (Lipinski definition) is 6. The summed E-state index contributed by atoms with van der Waals surface area (Å²) in [7, 11) is 1.65. The van der Waals surface area contributed by atoms with Crippen molar-refractivity contribution in [2.75, 3.05) is 32.1 Å². The van der Waals surface area contributed by atoms with Gasteiger partial charge in [-0.1, -0.05) is 5.21 Å². The molecule has 1 aliphatic heterocycles. The molecule has 0 spiro atoms. The molecule has 0 aliphatic carbocycles. The van der Waals surface area contributed by atoms with Gasteiger partial charge in [0.15, 0.2) is 5.69 Å². The first-order valence-corrected chi connectivity index (χ1v) is 8.99. The minimum absolute atomic E-state index is 0. The number of halogens is 2. The number of piperidine rings is 1. The lowest BCUT2D eigenvalue weighted by Gasteiger charge is -2.33. The molecule has 28 heavy (non-hydrogen) atoms. The molecule has 1 amide bonds. The van der Waals surface area contributed by atoms with E-state index >= 15 is 0 Å². The Morgan fingerprint density at radius 3 is 2.75 bits per heavy atom. The number of likely N-dealkylation sites (tertiary alicyclic amines) is 1. The van der Waals surface area contributed by atoms with Gasteiger partial charge in [-0.2, -0.15) is 0 Å². The molecule has 3 rings (SSSR count). The molecule has 1 unspecified atom stereocenters. The number of carbonyl (C=O) groups excluding carboxylic acids is 1. The van der Waals surface area contributed by atoms with E-state index in [1.807, 2.05) is 29.2 Å². The van der Waals surface area contributed by atoms with Crippen LogP contribution in [-0.2, 0) is 6.54 Å². The zero-order valence-electron chi connectivity index (χ0n) is 15.9. The molecule has 1 aromatic heterocycles. The molecule has 0 bridgehead atoms. The van der Waals surface area contributed by atoms with E-state index in [2.05, 4.69) is 15.6 Å². The van der Waals surface area contributed by atoms with Gasteiger partial charge in [0, 0.05) is 31.4 Å². The highest BCUT2D eigenvalue weighted by atomic mass is 35.5. The molecule has 156 valence electrons. The van der Waals surface area contributed by atoms with E-state index in [9.17, 15) is 4.79 Å². The first-order chi connectivity index (χ1) is 12.7. The lowest BCUT2D eigenvalue weighted by Crippen LogP contribution is -2.45. The maximum Gasteiger partial charge on any atom is 0.276 e. The molecular weight excluding hydrogens is 403 g/mol.